The highest BCUT2D eigenvalue weighted by atomic mass is 16.4. The molecule has 23 heavy (non-hydrogen) atoms. The van der Waals surface area contributed by atoms with E-state index in [0.29, 0.717) is 5.76 Å². The third-order valence-electron chi connectivity index (χ3n) is 4.83. The van der Waals surface area contributed by atoms with Crippen molar-refractivity contribution >= 4 is 5.91 Å². The summed E-state index contributed by atoms with van der Waals surface area (Å²) in [5.74, 6) is 1.20. The molecule has 1 amide bonds. The molecule has 1 unspecified atom stereocenters. The quantitative estimate of drug-likeness (QED) is 0.892. The molecular weight excluding hydrogens is 290 g/mol. The average molecular weight is 313 g/mol. The summed E-state index contributed by atoms with van der Waals surface area (Å²) < 4.78 is 5.49. The van der Waals surface area contributed by atoms with Crippen LogP contribution in [0.3, 0.4) is 0 Å². The van der Waals surface area contributed by atoms with E-state index < -0.39 is 11.0 Å². The topological polar surface area (TPSA) is 62.5 Å². The van der Waals surface area contributed by atoms with E-state index in [1.807, 2.05) is 43.3 Å². The Morgan fingerprint density at radius 3 is 2.48 bits per heavy atom. The van der Waals surface area contributed by atoms with Gasteiger partial charge in [0.2, 0.25) is 5.91 Å². The van der Waals surface area contributed by atoms with Crippen molar-refractivity contribution in [3.05, 3.63) is 59.5 Å². The number of benzene rings is 1. The SMILES string of the molecule is Cc1ccc(C(C)(O)CNC(=O)C2(c3ccccc3)CCC2)o1. The van der Waals surface area contributed by atoms with Gasteiger partial charge in [0.15, 0.2) is 0 Å². The zero-order chi connectivity index (χ0) is 16.5. The van der Waals surface area contributed by atoms with Crippen LogP contribution in [0.2, 0.25) is 0 Å². The molecule has 0 saturated heterocycles. The summed E-state index contributed by atoms with van der Waals surface area (Å²) in [7, 11) is 0. The van der Waals surface area contributed by atoms with E-state index in [4.69, 9.17) is 4.42 Å². The summed E-state index contributed by atoms with van der Waals surface area (Å²) >= 11 is 0. The number of amides is 1. The summed E-state index contributed by atoms with van der Waals surface area (Å²) in [5.41, 5.74) is -0.612. The first-order valence-electron chi connectivity index (χ1n) is 8.07. The van der Waals surface area contributed by atoms with Gasteiger partial charge in [0, 0.05) is 0 Å². The van der Waals surface area contributed by atoms with E-state index >= 15 is 0 Å². The van der Waals surface area contributed by atoms with Crippen LogP contribution in [0.1, 0.15) is 43.3 Å². The van der Waals surface area contributed by atoms with Gasteiger partial charge >= 0.3 is 0 Å². The van der Waals surface area contributed by atoms with Crippen LogP contribution in [-0.2, 0) is 15.8 Å². The van der Waals surface area contributed by atoms with Crippen LogP contribution in [0.15, 0.2) is 46.9 Å². The van der Waals surface area contributed by atoms with E-state index in [-0.39, 0.29) is 12.5 Å². The standard InChI is InChI=1S/C19H23NO3/c1-14-9-10-16(23-14)18(2,22)13-20-17(21)19(11-6-12-19)15-7-4-3-5-8-15/h3-5,7-10,22H,6,11-13H2,1-2H3,(H,20,21). The summed E-state index contributed by atoms with van der Waals surface area (Å²) in [5, 5.41) is 13.5. The highest BCUT2D eigenvalue weighted by Crippen LogP contribution is 2.44. The van der Waals surface area contributed by atoms with Crippen LogP contribution in [0.4, 0.5) is 0 Å². The van der Waals surface area contributed by atoms with Crippen LogP contribution in [0, 0.1) is 6.92 Å². The van der Waals surface area contributed by atoms with Crippen molar-refractivity contribution in [3.8, 4) is 0 Å². The first-order chi connectivity index (χ1) is 10.9. The first-order valence-corrected chi connectivity index (χ1v) is 8.07. The predicted molar refractivity (Wildman–Crippen MR) is 88.0 cm³/mol. The lowest BCUT2D eigenvalue weighted by Crippen LogP contribution is -2.51. The summed E-state index contributed by atoms with van der Waals surface area (Å²) in [6.45, 7) is 3.62. The molecule has 2 N–H and O–H groups in total. The number of nitrogens with one attached hydrogen (secondary N) is 1. The minimum absolute atomic E-state index is 0.0153. The average Bonchev–Trinajstić information content (AvgIpc) is 2.93. The largest absolute Gasteiger partial charge is 0.463 e. The molecule has 1 aromatic carbocycles. The Hall–Kier alpha value is -2.07. The maximum absolute atomic E-state index is 12.8. The van der Waals surface area contributed by atoms with Crippen LogP contribution < -0.4 is 5.32 Å². The number of hydrogen-bond donors (Lipinski definition) is 2. The number of furan rings is 1. The minimum Gasteiger partial charge on any atom is -0.463 e. The Morgan fingerprint density at radius 2 is 1.96 bits per heavy atom. The summed E-state index contributed by atoms with van der Waals surface area (Å²) in [6.07, 6.45) is 2.76. The van der Waals surface area contributed by atoms with Crippen molar-refractivity contribution < 1.29 is 14.3 Å². The maximum Gasteiger partial charge on any atom is 0.230 e. The Kier molecular flexibility index (Phi) is 4.02. The van der Waals surface area contributed by atoms with Gasteiger partial charge in [-0.05, 0) is 44.4 Å². The minimum atomic E-state index is -1.22. The van der Waals surface area contributed by atoms with E-state index in [9.17, 15) is 9.90 Å². The molecule has 1 heterocycles. The van der Waals surface area contributed by atoms with E-state index in [0.717, 1.165) is 30.6 Å². The fraction of sp³-hybridized carbons (Fsp3) is 0.421. The molecule has 4 nitrogen and oxygen atoms in total. The monoisotopic (exact) mass is 313 g/mol. The smallest absolute Gasteiger partial charge is 0.230 e. The van der Waals surface area contributed by atoms with Crippen molar-refractivity contribution in [2.45, 2.75) is 44.1 Å². The molecule has 1 atom stereocenters. The zero-order valence-electron chi connectivity index (χ0n) is 13.6. The molecule has 2 aromatic rings. The normalized spacial score (nSPS) is 18.7. The Morgan fingerprint density at radius 1 is 1.26 bits per heavy atom. The van der Waals surface area contributed by atoms with E-state index in [1.54, 1.807) is 13.0 Å². The van der Waals surface area contributed by atoms with E-state index in [2.05, 4.69) is 5.32 Å². The van der Waals surface area contributed by atoms with Gasteiger partial charge in [-0.1, -0.05) is 36.8 Å². The maximum atomic E-state index is 12.8. The second kappa shape index (κ2) is 5.85. The highest BCUT2D eigenvalue weighted by Gasteiger charge is 2.46. The van der Waals surface area contributed by atoms with Gasteiger partial charge in [-0.3, -0.25) is 4.79 Å². The van der Waals surface area contributed by atoms with Crippen molar-refractivity contribution in [1.82, 2.24) is 5.32 Å². The molecule has 0 aliphatic heterocycles. The summed E-state index contributed by atoms with van der Waals surface area (Å²) in [6, 6.07) is 13.5. The van der Waals surface area contributed by atoms with Gasteiger partial charge < -0.3 is 14.8 Å². The van der Waals surface area contributed by atoms with Gasteiger partial charge in [-0.25, -0.2) is 0 Å². The van der Waals surface area contributed by atoms with Crippen molar-refractivity contribution in [3.63, 3.8) is 0 Å². The van der Waals surface area contributed by atoms with Crippen molar-refractivity contribution in [2.75, 3.05) is 6.54 Å². The zero-order valence-corrected chi connectivity index (χ0v) is 13.6. The molecule has 4 heteroatoms. The number of carbonyl (C=O) groups is 1. The molecule has 122 valence electrons. The van der Waals surface area contributed by atoms with Crippen LogP contribution in [-0.4, -0.2) is 17.6 Å². The number of aryl methyl sites for hydroxylation is 1. The second-order valence-corrected chi connectivity index (χ2v) is 6.67. The second-order valence-electron chi connectivity index (χ2n) is 6.67. The molecule has 1 aliphatic rings. The van der Waals surface area contributed by atoms with Gasteiger partial charge in [-0.15, -0.1) is 0 Å². The molecule has 0 bridgehead atoms. The molecule has 1 fully saturated rings. The number of carbonyl (C=O) groups excluding carboxylic acids is 1. The predicted octanol–water partition coefficient (Wildman–Crippen LogP) is 3.03. The number of aliphatic hydroxyl groups is 1. The Balaban J connectivity index is 1.71. The number of hydrogen-bond acceptors (Lipinski definition) is 3. The third kappa shape index (κ3) is 2.91. The highest BCUT2D eigenvalue weighted by molar-refractivity contribution is 5.89. The van der Waals surface area contributed by atoms with Gasteiger partial charge in [0.05, 0.1) is 12.0 Å². The Bertz CT molecular complexity index is 684. The molecule has 0 radical (unpaired) electrons. The molecule has 1 saturated carbocycles. The van der Waals surface area contributed by atoms with Crippen LogP contribution >= 0.6 is 0 Å². The fourth-order valence-corrected chi connectivity index (χ4v) is 3.17. The lowest BCUT2D eigenvalue weighted by Gasteiger charge is -2.41. The first kappa shape index (κ1) is 15.8. The third-order valence-corrected chi connectivity index (χ3v) is 4.83. The number of rotatable bonds is 5. The lowest BCUT2D eigenvalue weighted by atomic mass is 9.64. The molecule has 1 aliphatic carbocycles. The van der Waals surface area contributed by atoms with Crippen molar-refractivity contribution in [1.29, 1.82) is 0 Å². The summed E-state index contributed by atoms with van der Waals surface area (Å²) in [4.78, 5) is 12.8. The fourth-order valence-electron chi connectivity index (χ4n) is 3.17. The van der Waals surface area contributed by atoms with Crippen LogP contribution in [0.25, 0.3) is 0 Å². The molecular formula is C19H23NO3. The lowest BCUT2D eigenvalue weighted by molar-refractivity contribution is -0.131. The van der Waals surface area contributed by atoms with E-state index in [1.165, 1.54) is 0 Å². The van der Waals surface area contributed by atoms with Gasteiger partial charge in [-0.2, -0.15) is 0 Å². The Labute approximate surface area is 136 Å². The van der Waals surface area contributed by atoms with Crippen LogP contribution in [0.5, 0.6) is 0 Å². The van der Waals surface area contributed by atoms with Crippen molar-refractivity contribution in [2.24, 2.45) is 0 Å². The molecule has 1 aromatic heterocycles. The van der Waals surface area contributed by atoms with Gasteiger partial charge in [0.25, 0.3) is 0 Å². The van der Waals surface area contributed by atoms with Gasteiger partial charge in [0.1, 0.15) is 17.1 Å². The molecule has 3 rings (SSSR count). The molecule has 0 spiro atoms.